The van der Waals surface area contributed by atoms with E-state index in [1.807, 2.05) is 7.05 Å². The number of rotatable bonds is 4. The summed E-state index contributed by atoms with van der Waals surface area (Å²) in [5.41, 5.74) is 0. The summed E-state index contributed by atoms with van der Waals surface area (Å²) < 4.78 is 0. The lowest BCUT2D eigenvalue weighted by atomic mass is 9.85. The van der Waals surface area contributed by atoms with Gasteiger partial charge in [0.1, 0.15) is 0 Å². The van der Waals surface area contributed by atoms with Crippen molar-refractivity contribution in [2.45, 2.75) is 44.6 Å². The van der Waals surface area contributed by atoms with E-state index in [4.69, 9.17) is 0 Å². The first kappa shape index (κ1) is 10.4. The van der Waals surface area contributed by atoms with Gasteiger partial charge in [-0.3, -0.25) is 0 Å². The quantitative estimate of drug-likeness (QED) is 0.690. The van der Waals surface area contributed by atoms with Crippen molar-refractivity contribution >= 4 is 0 Å². The normalized spacial score (nSPS) is 33.2. The second-order valence-electron chi connectivity index (χ2n) is 4.89. The van der Waals surface area contributed by atoms with E-state index < -0.39 is 0 Å². The summed E-state index contributed by atoms with van der Waals surface area (Å²) >= 11 is 0. The lowest BCUT2D eigenvalue weighted by molar-refractivity contribution is 0.181. The molecule has 1 heterocycles. The zero-order chi connectivity index (χ0) is 9.80. The van der Waals surface area contributed by atoms with Crippen molar-refractivity contribution in [3.05, 3.63) is 0 Å². The Hall–Kier alpha value is -0.0800. The van der Waals surface area contributed by atoms with Gasteiger partial charge in [-0.1, -0.05) is 12.8 Å². The predicted octanol–water partition coefficient (Wildman–Crippen LogP) is 1.86. The molecule has 0 spiro atoms. The van der Waals surface area contributed by atoms with Crippen LogP contribution < -0.4 is 5.32 Å². The third-order valence-corrected chi connectivity index (χ3v) is 4.00. The average molecular weight is 196 g/mol. The first-order valence-corrected chi connectivity index (χ1v) is 6.30. The summed E-state index contributed by atoms with van der Waals surface area (Å²) in [4.78, 5) is 2.75. The van der Waals surface area contributed by atoms with Crippen molar-refractivity contribution in [3.63, 3.8) is 0 Å². The summed E-state index contributed by atoms with van der Waals surface area (Å²) in [5.74, 6) is 1.05. The zero-order valence-corrected chi connectivity index (χ0v) is 9.47. The van der Waals surface area contributed by atoms with E-state index in [-0.39, 0.29) is 0 Å². The molecular formula is C12H24N2. The van der Waals surface area contributed by atoms with Crippen LogP contribution in [0.5, 0.6) is 0 Å². The number of nitrogens with one attached hydrogen (secondary N) is 1. The maximum absolute atomic E-state index is 3.24. The summed E-state index contributed by atoms with van der Waals surface area (Å²) in [6.07, 6.45) is 8.75. The van der Waals surface area contributed by atoms with Crippen molar-refractivity contribution in [2.24, 2.45) is 5.92 Å². The lowest BCUT2D eigenvalue weighted by Crippen LogP contribution is -2.36. The summed E-state index contributed by atoms with van der Waals surface area (Å²) in [6.45, 7) is 3.87. The van der Waals surface area contributed by atoms with E-state index in [2.05, 4.69) is 10.2 Å². The van der Waals surface area contributed by atoms with E-state index in [0.29, 0.717) is 0 Å². The lowest BCUT2D eigenvalue weighted by Gasteiger charge is -2.31. The first-order valence-electron chi connectivity index (χ1n) is 6.30. The van der Waals surface area contributed by atoms with Crippen molar-refractivity contribution in [1.82, 2.24) is 10.2 Å². The van der Waals surface area contributed by atoms with Crippen LogP contribution >= 0.6 is 0 Å². The van der Waals surface area contributed by atoms with Gasteiger partial charge in [0.15, 0.2) is 0 Å². The maximum atomic E-state index is 3.24. The highest BCUT2D eigenvalue weighted by atomic mass is 15.2. The van der Waals surface area contributed by atoms with E-state index >= 15 is 0 Å². The summed E-state index contributed by atoms with van der Waals surface area (Å²) in [5, 5.41) is 3.24. The molecule has 0 amide bonds. The van der Waals surface area contributed by atoms with Crippen LogP contribution in [0.4, 0.5) is 0 Å². The van der Waals surface area contributed by atoms with Gasteiger partial charge in [0.2, 0.25) is 0 Å². The highest BCUT2D eigenvalue weighted by Crippen LogP contribution is 2.35. The molecule has 2 nitrogen and oxygen atoms in total. The Bertz CT molecular complexity index is 170. The molecule has 2 atom stereocenters. The highest BCUT2D eigenvalue weighted by molar-refractivity contribution is 4.89. The molecule has 2 heteroatoms. The fourth-order valence-corrected chi connectivity index (χ4v) is 3.24. The van der Waals surface area contributed by atoms with Gasteiger partial charge in [0.25, 0.3) is 0 Å². The van der Waals surface area contributed by atoms with Gasteiger partial charge in [-0.2, -0.15) is 0 Å². The largest absolute Gasteiger partial charge is 0.320 e. The molecule has 2 fully saturated rings. The topological polar surface area (TPSA) is 15.3 Å². The number of hydrogen-bond acceptors (Lipinski definition) is 2. The van der Waals surface area contributed by atoms with Gasteiger partial charge < -0.3 is 10.2 Å². The molecule has 1 aliphatic carbocycles. The number of fused-ring (bicyclic) bond motifs is 1. The van der Waals surface area contributed by atoms with Crippen LogP contribution in [0.25, 0.3) is 0 Å². The molecule has 82 valence electrons. The molecule has 0 bridgehead atoms. The smallest absolute Gasteiger partial charge is 0.0124 e. The SMILES string of the molecule is CNCCCN1CCC2CCCCC21. The minimum atomic E-state index is 0.959. The fraction of sp³-hybridized carbons (Fsp3) is 1.00. The van der Waals surface area contributed by atoms with Gasteiger partial charge in [-0.15, -0.1) is 0 Å². The van der Waals surface area contributed by atoms with E-state index in [1.165, 1.54) is 58.2 Å². The molecule has 1 saturated carbocycles. The van der Waals surface area contributed by atoms with E-state index in [0.717, 1.165) is 12.0 Å². The van der Waals surface area contributed by atoms with Gasteiger partial charge >= 0.3 is 0 Å². The molecule has 0 radical (unpaired) electrons. The predicted molar refractivity (Wildman–Crippen MR) is 60.5 cm³/mol. The van der Waals surface area contributed by atoms with Crippen molar-refractivity contribution in [1.29, 1.82) is 0 Å². The Kier molecular flexibility index (Phi) is 3.82. The van der Waals surface area contributed by atoms with Crippen molar-refractivity contribution in [2.75, 3.05) is 26.7 Å². The van der Waals surface area contributed by atoms with Gasteiger partial charge in [-0.25, -0.2) is 0 Å². The molecule has 2 unspecified atom stereocenters. The molecule has 1 aliphatic heterocycles. The van der Waals surface area contributed by atoms with E-state index in [9.17, 15) is 0 Å². The summed E-state index contributed by atoms with van der Waals surface area (Å²) in [6, 6.07) is 0.959. The Balaban J connectivity index is 1.76. The van der Waals surface area contributed by atoms with Crippen LogP contribution in [0.3, 0.4) is 0 Å². The number of likely N-dealkylation sites (tertiary alicyclic amines) is 1. The number of nitrogens with zero attached hydrogens (tertiary/aromatic N) is 1. The average Bonchev–Trinajstić information content (AvgIpc) is 2.63. The second-order valence-corrected chi connectivity index (χ2v) is 4.89. The Labute approximate surface area is 88.1 Å². The molecule has 14 heavy (non-hydrogen) atoms. The van der Waals surface area contributed by atoms with Crippen LogP contribution in [0.15, 0.2) is 0 Å². The minimum Gasteiger partial charge on any atom is -0.320 e. The van der Waals surface area contributed by atoms with Crippen LogP contribution in [-0.2, 0) is 0 Å². The molecule has 1 N–H and O–H groups in total. The molecular weight excluding hydrogens is 172 g/mol. The van der Waals surface area contributed by atoms with Gasteiger partial charge in [-0.05, 0) is 58.3 Å². The van der Waals surface area contributed by atoms with Crippen LogP contribution in [0.1, 0.15) is 38.5 Å². The zero-order valence-electron chi connectivity index (χ0n) is 9.47. The molecule has 0 aromatic heterocycles. The Morgan fingerprint density at radius 2 is 2.07 bits per heavy atom. The van der Waals surface area contributed by atoms with Crippen LogP contribution in [0.2, 0.25) is 0 Å². The van der Waals surface area contributed by atoms with Gasteiger partial charge in [0, 0.05) is 6.04 Å². The van der Waals surface area contributed by atoms with Crippen molar-refractivity contribution in [3.8, 4) is 0 Å². The van der Waals surface area contributed by atoms with Crippen LogP contribution in [0, 0.1) is 5.92 Å². The molecule has 2 rings (SSSR count). The Morgan fingerprint density at radius 3 is 2.93 bits per heavy atom. The Morgan fingerprint density at radius 1 is 1.21 bits per heavy atom. The van der Waals surface area contributed by atoms with Crippen molar-refractivity contribution < 1.29 is 0 Å². The van der Waals surface area contributed by atoms with E-state index in [1.54, 1.807) is 0 Å². The molecule has 0 aromatic carbocycles. The highest BCUT2D eigenvalue weighted by Gasteiger charge is 2.34. The fourth-order valence-electron chi connectivity index (χ4n) is 3.24. The minimum absolute atomic E-state index is 0.959. The van der Waals surface area contributed by atoms with Crippen LogP contribution in [-0.4, -0.2) is 37.6 Å². The molecule has 2 aliphatic rings. The second kappa shape index (κ2) is 5.13. The van der Waals surface area contributed by atoms with Gasteiger partial charge in [0.05, 0.1) is 0 Å². The monoisotopic (exact) mass is 196 g/mol. The first-order chi connectivity index (χ1) is 6.92. The third-order valence-electron chi connectivity index (χ3n) is 4.00. The molecule has 1 saturated heterocycles. The maximum Gasteiger partial charge on any atom is 0.0124 e. The molecule has 0 aromatic rings. The standard InChI is InChI=1S/C12H24N2/c1-13-8-4-9-14-10-7-11-5-2-3-6-12(11)14/h11-13H,2-10H2,1H3. The third kappa shape index (κ3) is 2.29. The summed E-state index contributed by atoms with van der Waals surface area (Å²) in [7, 11) is 2.05. The number of hydrogen-bond donors (Lipinski definition) is 1.